The molecule has 4 atom stereocenters. The molecule has 0 aromatic rings. The molecule has 18 heavy (non-hydrogen) atoms. The highest BCUT2D eigenvalue weighted by molar-refractivity contribution is 5.71. The topological polar surface area (TPSA) is 40.5 Å². The van der Waals surface area contributed by atoms with Crippen LogP contribution in [-0.2, 0) is 4.79 Å². The molecule has 2 rings (SSSR count). The van der Waals surface area contributed by atoms with Crippen LogP contribution in [0.5, 0.6) is 0 Å². The van der Waals surface area contributed by atoms with E-state index in [1.807, 2.05) is 0 Å². The molecule has 0 aromatic carbocycles. The van der Waals surface area contributed by atoms with Crippen molar-refractivity contribution in [3.63, 3.8) is 0 Å². The largest absolute Gasteiger partial charge is 0.481 e. The maximum absolute atomic E-state index is 11.5. The molecule has 3 nitrogen and oxygen atoms in total. The number of aliphatic carboxylic acids is 1. The van der Waals surface area contributed by atoms with Crippen molar-refractivity contribution in [2.24, 2.45) is 17.8 Å². The SMILES string of the molecule is CCC1CCC(C(=O)O)C(N2CCCC(C)C2)C1. The van der Waals surface area contributed by atoms with E-state index in [1.165, 1.54) is 19.3 Å². The Bertz CT molecular complexity index is 292. The van der Waals surface area contributed by atoms with Crippen molar-refractivity contribution in [2.45, 2.75) is 58.4 Å². The third-order valence-corrected chi connectivity index (χ3v) is 4.98. The van der Waals surface area contributed by atoms with Gasteiger partial charge in [-0.2, -0.15) is 0 Å². The van der Waals surface area contributed by atoms with Crippen LogP contribution in [-0.4, -0.2) is 35.1 Å². The van der Waals surface area contributed by atoms with Crippen molar-refractivity contribution in [3.05, 3.63) is 0 Å². The molecule has 0 aromatic heterocycles. The van der Waals surface area contributed by atoms with E-state index < -0.39 is 5.97 Å². The van der Waals surface area contributed by atoms with E-state index in [-0.39, 0.29) is 5.92 Å². The fraction of sp³-hybridized carbons (Fsp3) is 0.933. The van der Waals surface area contributed by atoms with Gasteiger partial charge >= 0.3 is 5.97 Å². The number of rotatable bonds is 3. The van der Waals surface area contributed by atoms with Crippen LogP contribution in [0.25, 0.3) is 0 Å². The van der Waals surface area contributed by atoms with Gasteiger partial charge in [-0.1, -0.05) is 20.3 Å². The number of carboxylic acids is 1. The number of hydrogen-bond donors (Lipinski definition) is 1. The molecule has 1 aliphatic carbocycles. The van der Waals surface area contributed by atoms with Crippen molar-refractivity contribution in [1.82, 2.24) is 4.90 Å². The molecule has 0 radical (unpaired) electrons. The van der Waals surface area contributed by atoms with E-state index >= 15 is 0 Å². The van der Waals surface area contributed by atoms with Crippen molar-refractivity contribution in [3.8, 4) is 0 Å². The summed E-state index contributed by atoms with van der Waals surface area (Å²) in [6.07, 6.45) is 6.82. The summed E-state index contributed by atoms with van der Waals surface area (Å²) >= 11 is 0. The first-order valence-electron chi connectivity index (χ1n) is 7.58. The molecule has 0 spiro atoms. The lowest BCUT2D eigenvalue weighted by molar-refractivity contribution is -0.146. The molecule has 4 unspecified atom stereocenters. The van der Waals surface area contributed by atoms with Gasteiger partial charge in [0.1, 0.15) is 0 Å². The first kappa shape index (κ1) is 13.9. The van der Waals surface area contributed by atoms with Crippen LogP contribution in [0.2, 0.25) is 0 Å². The second-order valence-corrected chi connectivity index (χ2v) is 6.34. The predicted octanol–water partition coefficient (Wildman–Crippen LogP) is 3.00. The zero-order valence-corrected chi connectivity index (χ0v) is 11.8. The molecule has 1 heterocycles. The molecule has 0 bridgehead atoms. The lowest BCUT2D eigenvalue weighted by Crippen LogP contribution is -2.50. The van der Waals surface area contributed by atoms with E-state index in [0.717, 1.165) is 44.2 Å². The molecule has 1 saturated heterocycles. The maximum Gasteiger partial charge on any atom is 0.308 e. The Morgan fingerprint density at radius 3 is 2.72 bits per heavy atom. The van der Waals surface area contributed by atoms with Gasteiger partial charge in [0.25, 0.3) is 0 Å². The lowest BCUT2D eigenvalue weighted by Gasteiger charge is -2.44. The quantitative estimate of drug-likeness (QED) is 0.840. The molecule has 1 N–H and O–H groups in total. The minimum absolute atomic E-state index is 0.127. The van der Waals surface area contributed by atoms with Gasteiger partial charge in [0.2, 0.25) is 0 Å². The first-order valence-corrected chi connectivity index (χ1v) is 7.58. The molecule has 1 saturated carbocycles. The van der Waals surface area contributed by atoms with Gasteiger partial charge in [-0.15, -0.1) is 0 Å². The van der Waals surface area contributed by atoms with E-state index in [9.17, 15) is 9.90 Å². The highest BCUT2D eigenvalue weighted by atomic mass is 16.4. The Kier molecular flexibility index (Phi) is 4.66. The average Bonchev–Trinajstić information content (AvgIpc) is 2.38. The Hall–Kier alpha value is -0.570. The van der Waals surface area contributed by atoms with Crippen LogP contribution in [0.1, 0.15) is 52.4 Å². The van der Waals surface area contributed by atoms with E-state index in [1.54, 1.807) is 0 Å². The van der Waals surface area contributed by atoms with E-state index in [2.05, 4.69) is 18.7 Å². The predicted molar refractivity (Wildman–Crippen MR) is 72.5 cm³/mol. The molecule has 3 heteroatoms. The van der Waals surface area contributed by atoms with Crippen LogP contribution >= 0.6 is 0 Å². The minimum Gasteiger partial charge on any atom is -0.481 e. The smallest absolute Gasteiger partial charge is 0.308 e. The first-order chi connectivity index (χ1) is 8.61. The zero-order chi connectivity index (χ0) is 13.1. The van der Waals surface area contributed by atoms with E-state index in [0.29, 0.717) is 6.04 Å². The number of hydrogen-bond acceptors (Lipinski definition) is 2. The summed E-state index contributed by atoms with van der Waals surface area (Å²) in [5.41, 5.74) is 0. The van der Waals surface area contributed by atoms with Gasteiger partial charge in [0, 0.05) is 12.6 Å². The van der Waals surface area contributed by atoms with Crippen molar-refractivity contribution < 1.29 is 9.90 Å². The molecule has 2 fully saturated rings. The Labute approximate surface area is 111 Å². The summed E-state index contributed by atoms with van der Waals surface area (Å²) in [6.45, 7) is 6.74. The van der Waals surface area contributed by atoms with Crippen molar-refractivity contribution in [1.29, 1.82) is 0 Å². The normalized spacial score (nSPS) is 38.6. The molecule has 1 aliphatic heterocycles. The number of carboxylic acid groups (broad SMARTS) is 1. The van der Waals surface area contributed by atoms with Gasteiger partial charge < -0.3 is 5.11 Å². The maximum atomic E-state index is 11.5. The second-order valence-electron chi connectivity index (χ2n) is 6.34. The fourth-order valence-corrected chi connectivity index (χ4v) is 3.82. The number of nitrogens with zero attached hydrogens (tertiary/aromatic N) is 1. The summed E-state index contributed by atoms with van der Waals surface area (Å²) in [5, 5.41) is 9.44. The summed E-state index contributed by atoms with van der Waals surface area (Å²) in [7, 11) is 0. The van der Waals surface area contributed by atoms with Crippen LogP contribution in [0.3, 0.4) is 0 Å². The second kappa shape index (κ2) is 6.05. The molecule has 0 amide bonds. The summed E-state index contributed by atoms with van der Waals surface area (Å²) in [6, 6.07) is 0.295. The molecular weight excluding hydrogens is 226 g/mol. The lowest BCUT2D eigenvalue weighted by atomic mass is 9.76. The van der Waals surface area contributed by atoms with Crippen LogP contribution in [0, 0.1) is 17.8 Å². The molecular formula is C15H27NO2. The standard InChI is InChI=1S/C15H27NO2/c1-3-12-6-7-13(15(17)18)14(9-12)16-8-4-5-11(2)10-16/h11-14H,3-10H2,1-2H3,(H,17,18). The number of piperidine rings is 1. The molecule has 2 aliphatic rings. The number of likely N-dealkylation sites (tertiary alicyclic amines) is 1. The third-order valence-electron chi connectivity index (χ3n) is 4.98. The molecule has 104 valence electrons. The third kappa shape index (κ3) is 3.05. The fourth-order valence-electron chi connectivity index (χ4n) is 3.82. The Morgan fingerprint density at radius 1 is 1.33 bits per heavy atom. The van der Waals surface area contributed by atoms with E-state index in [4.69, 9.17) is 0 Å². The van der Waals surface area contributed by atoms with Crippen LogP contribution in [0.4, 0.5) is 0 Å². The van der Waals surface area contributed by atoms with Gasteiger partial charge in [-0.25, -0.2) is 0 Å². The average molecular weight is 253 g/mol. The van der Waals surface area contributed by atoms with Gasteiger partial charge in [0.05, 0.1) is 5.92 Å². The van der Waals surface area contributed by atoms with Crippen molar-refractivity contribution in [2.75, 3.05) is 13.1 Å². The van der Waals surface area contributed by atoms with Gasteiger partial charge in [-0.05, 0) is 50.5 Å². The zero-order valence-electron chi connectivity index (χ0n) is 11.8. The Morgan fingerprint density at radius 2 is 2.11 bits per heavy atom. The van der Waals surface area contributed by atoms with Crippen LogP contribution < -0.4 is 0 Å². The highest BCUT2D eigenvalue weighted by Gasteiger charge is 2.38. The van der Waals surface area contributed by atoms with Crippen LogP contribution in [0.15, 0.2) is 0 Å². The van der Waals surface area contributed by atoms with Crippen molar-refractivity contribution >= 4 is 5.97 Å². The van der Waals surface area contributed by atoms with Gasteiger partial charge in [-0.3, -0.25) is 9.69 Å². The monoisotopic (exact) mass is 253 g/mol. The Balaban J connectivity index is 2.06. The van der Waals surface area contributed by atoms with Gasteiger partial charge in [0.15, 0.2) is 0 Å². The minimum atomic E-state index is -0.576. The summed E-state index contributed by atoms with van der Waals surface area (Å²) < 4.78 is 0. The number of carbonyl (C=O) groups is 1. The summed E-state index contributed by atoms with van der Waals surface area (Å²) in [4.78, 5) is 13.9. The highest BCUT2D eigenvalue weighted by Crippen LogP contribution is 2.35. The summed E-state index contributed by atoms with van der Waals surface area (Å²) in [5.74, 6) is 0.768.